The zero-order valence-corrected chi connectivity index (χ0v) is 21.9. The molecule has 1 saturated heterocycles. The second kappa shape index (κ2) is 12.0. The Hall–Kier alpha value is -3.31. The molecule has 206 valence electrons. The molecule has 1 aromatic carbocycles. The van der Waals surface area contributed by atoms with Crippen LogP contribution in [0, 0.1) is 11.8 Å². The number of carbonyl (C=O) groups is 1. The highest BCUT2D eigenvalue weighted by Gasteiger charge is 2.57. The van der Waals surface area contributed by atoms with Crippen molar-refractivity contribution in [3.8, 4) is 17.6 Å². The summed E-state index contributed by atoms with van der Waals surface area (Å²) in [5.74, 6) is 4.08. The van der Waals surface area contributed by atoms with Gasteiger partial charge in [-0.3, -0.25) is 18.8 Å². The molecule has 1 aliphatic rings. The number of esters is 1. The van der Waals surface area contributed by atoms with E-state index in [1.54, 1.807) is 32.0 Å². The van der Waals surface area contributed by atoms with Gasteiger partial charge < -0.3 is 24.2 Å². The van der Waals surface area contributed by atoms with Gasteiger partial charge in [-0.15, -0.1) is 5.92 Å². The molecule has 14 nitrogen and oxygen atoms in total. The number of aromatic amines is 1. The number of phosphoric ester groups is 1. The number of carbonyl (C=O) groups excluding carboxylic acids is 1. The second-order valence-electron chi connectivity index (χ2n) is 8.44. The fourth-order valence-electron chi connectivity index (χ4n) is 3.43. The lowest BCUT2D eigenvalue weighted by molar-refractivity contribution is -0.156. The number of rotatable bonds is 10. The number of H-pyrrole nitrogens is 1. The first-order valence-corrected chi connectivity index (χ1v) is 12.9. The molecule has 1 unspecified atom stereocenters. The number of aliphatic hydroxyl groups excluding tert-OH is 1. The minimum absolute atomic E-state index is 0.0865. The van der Waals surface area contributed by atoms with E-state index in [0.717, 1.165) is 6.20 Å². The van der Waals surface area contributed by atoms with Gasteiger partial charge in [0.2, 0.25) is 5.60 Å². The number of hydrogen-bond acceptors (Lipinski definition) is 12. The number of para-hydroxylation sites is 1. The first kappa shape index (κ1) is 29.2. The van der Waals surface area contributed by atoms with Gasteiger partial charge in [0.15, 0.2) is 12.3 Å². The van der Waals surface area contributed by atoms with Crippen LogP contribution < -0.4 is 15.8 Å². The van der Waals surface area contributed by atoms with Crippen LogP contribution >= 0.6 is 7.82 Å². The van der Waals surface area contributed by atoms with E-state index < -0.39 is 67.9 Å². The third kappa shape index (κ3) is 6.76. The van der Waals surface area contributed by atoms with Gasteiger partial charge in [-0.2, -0.15) is 9.78 Å². The number of nitrogens with zero attached hydrogens (tertiary/aromatic N) is 2. The van der Waals surface area contributed by atoms with Crippen molar-refractivity contribution in [2.45, 2.75) is 63.9 Å². The average Bonchev–Trinajstić information content (AvgIpc) is 3.08. The molecule has 0 spiro atoms. The Morgan fingerprint density at radius 3 is 2.58 bits per heavy atom. The monoisotopic (exact) mass is 553 g/mol. The molecule has 38 heavy (non-hydrogen) atoms. The summed E-state index contributed by atoms with van der Waals surface area (Å²) >= 11 is 0. The Bertz CT molecular complexity index is 1350. The van der Waals surface area contributed by atoms with E-state index in [0.29, 0.717) is 4.68 Å². The minimum Gasteiger partial charge on any atom is -0.461 e. The molecule has 0 bridgehead atoms. The van der Waals surface area contributed by atoms with Crippen LogP contribution in [0.3, 0.4) is 0 Å². The summed E-state index contributed by atoms with van der Waals surface area (Å²) in [7, 11) is -4.58. The highest BCUT2D eigenvalue weighted by atomic mass is 31.2. The summed E-state index contributed by atoms with van der Waals surface area (Å²) in [4.78, 5) is 37.9. The van der Waals surface area contributed by atoms with Gasteiger partial charge in [-0.25, -0.2) is 14.2 Å². The van der Waals surface area contributed by atoms with E-state index in [1.807, 2.05) is 4.98 Å². The van der Waals surface area contributed by atoms with Crippen molar-refractivity contribution in [3.05, 3.63) is 57.4 Å². The lowest BCUT2D eigenvalue weighted by Crippen LogP contribution is -2.49. The Morgan fingerprint density at radius 2 is 1.97 bits per heavy atom. The lowest BCUT2D eigenvalue weighted by Gasteiger charge is -2.25. The SMILES string of the molecule is CC#CC1(O)[C@@H](O)[C@@H](CO[P@](=O)(Oc2ccccc2)O[C@@H](C)C(=O)OC(C)C)O[C@H]1n1ncc(=O)[nH]c1=O. The van der Waals surface area contributed by atoms with Crippen molar-refractivity contribution < 1.29 is 42.6 Å². The summed E-state index contributed by atoms with van der Waals surface area (Å²) in [6.07, 6.45) is -6.01. The molecule has 1 aliphatic heterocycles. The van der Waals surface area contributed by atoms with Crippen LogP contribution in [0.4, 0.5) is 0 Å². The molecule has 1 aromatic heterocycles. The van der Waals surface area contributed by atoms with Gasteiger partial charge in [0.1, 0.15) is 24.2 Å². The van der Waals surface area contributed by atoms with E-state index in [9.17, 15) is 29.2 Å². The largest absolute Gasteiger partial charge is 0.530 e. The smallest absolute Gasteiger partial charge is 0.461 e. The first-order valence-electron chi connectivity index (χ1n) is 11.4. The number of benzene rings is 1. The Kier molecular flexibility index (Phi) is 9.26. The summed E-state index contributed by atoms with van der Waals surface area (Å²) in [5.41, 5.74) is -4.21. The van der Waals surface area contributed by atoms with Gasteiger partial charge >= 0.3 is 19.5 Å². The fraction of sp³-hybridized carbons (Fsp3) is 0.478. The van der Waals surface area contributed by atoms with E-state index in [4.69, 9.17) is 23.0 Å². The van der Waals surface area contributed by atoms with Crippen LogP contribution in [-0.4, -0.2) is 67.6 Å². The quantitative estimate of drug-likeness (QED) is 0.210. The highest BCUT2D eigenvalue weighted by Crippen LogP contribution is 2.51. The Balaban J connectivity index is 1.86. The van der Waals surface area contributed by atoms with E-state index in [1.165, 1.54) is 26.0 Å². The number of nitrogens with one attached hydrogen (secondary N) is 1. The lowest BCUT2D eigenvalue weighted by atomic mass is 9.95. The molecule has 0 amide bonds. The van der Waals surface area contributed by atoms with Gasteiger partial charge in [0, 0.05) is 0 Å². The Morgan fingerprint density at radius 1 is 1.29 bits per heavy atom. The minimum atomic E-state index is -4.58. The van der Waals surface area contributed by atoms with E-state index >= 15 is 0 Å². The Labute approximate surface area is 217 Å². The molecule has 3 N–H and O–H groups in total. The molecule has 1 fully saturated rings. The predicted octanol–water partition coefficient (Wildman–Crippen LogP) is 0.505. The average molecular weight is 553 g/mol. The van der Waals surface area contributed by atoms with Crippen LogP contribution in [0.1, 0.15) is 33.9 Å². The molecule has 3 rings (SSSR count). The van der Waals surface area contributed by atoms with Crippen LogP contribution in [0.15, 0.2) is 46.1 Å². The molecule has 2 aromatic rings. The maximum Gasteiger partial charge on any atom is 0.530 e. The number of ether oxygens (including phenoxy) is 2. The summed E-state index contributed by atoms with van der Waals surface area (Å²) in [6.45, 7) is 5.20. The first-order chi connectivity index (χ1) is 17.9. The van der Waals surface area contributed by atoms with Crippen LogP contribution in [0.5, 0.6) is 5.75 Å². The maximum atomic E-state index is 13.6. The zero-order valence-electron chi connectivity index (χ0n) is 21.0. The number of hydrogen-bond donors (Lipinski definition) is 3. The summed E-state index contributed by atoms with van der Waals surface area (Å²) in [6, 6.07) is 7.83. The van der Waals surface area contributed by atoms with Crippen molar-refractivity contribution in [2.75, 3.05) is 6.61 Å². The van der Waals surface area contributed by atoms with E-state index in [2.05, 4.69) is 16.9 Å². The van der Waals surface area contributed by atoms with Crippen LogP contribution in [0.2, 0.25) is 0 Å². The molecule has 15 heteroatoms. The molecule has 0 aliphatic carbocycles. The van der Waals surface area contributed by atoms with Gasteiger partial charge in [-0.05, 0) is 39.8 Å². The van der Waals surface area contributed by atoms with Crippen molar-refractivity contribution in [2.24, 2.45) is 0 Å². The van der Waals surface area contributed by atoms with Crippen molar-refractivity contribution in [1.82, 2.24) is 14.8 Å². The van der Waals surface area contributed by atoms with Gasteiger partial charge in [0.05, 0.1) is 12.7 Å². The maximum absolute atomic E-state index is 13.6. The van der Waals surface area contributed by atoms with Crippen LogP contribution in [0.25, 0.3) is 0 Å². The topological polar surface area (TPSA) is 188 Å². The molecular formula is C23H28N3O11P. The highest BCUT2D eigenvalue weighted by molar-refractivity contribution is 7.49. The molecule has 0 saturated carbocycles. The number of aromatic nitrogens is 3. The van der Waals surface area contributed by atoms with Gasteiger partial charge in [0.25, 0.3) is 5.56 Å². The van der Waals surface area contributed by atoms with E-state index in [-0.39, 0.29) is 5.75 Å². The normalized spacial score (nSPS) is 25.2. The standard InChI is InChI=1S/C23H28N3O11P/c1-5-11-23(31)19(28)17(35-21(23)26-22(30)25-18(27)12-24-26)13-33-38(32,37-16-9-7-6-8-10-16)36-15(4)20(29)34-14(2)3/h6-10,12,14-15,17,19,21,28,31H,13H2,1-4H3,(H,25,27,30)/t15-,17+,19-,21+,23?,38-/m0/s1. The fourth-order valence-corrected chi connectivity index (χ4v) is 4.77. The van der Waals surface area contributed by atoms with Crippen molar-refractivity contribution in [3.63, 3.8) is 0 Å². The third-order valence-electron chi connectivity index (χ3n) is 5.10. The summed E-state index contributed by atoms with van der Waals surface area (Å²) < 4.78 is 41.0. The number of phosphoric acid groups is 1. The number of aliphatic hydroxyl groups is 2. The molecule has 2 heterocycles. The predicted molar refractivity (Wildman–Crippen MR) is 130 cm³/mol. The van der Waals surface area contributed by atoms with Crippen molar-refractivity contribution in [1.29, 1.82) is 0 Å². The van der Waals surface area contributed by atoms with Crippen molar-refractivity contribution >= 4 is 13.8 Å². The molecular weight excluding hydrogens is 525 g/mol. The second-order valence-corrected chi connectivity index (χ2v) is 9.98. The molecule has 6 atom stereocenters. The molecule has 0 radical (unpaired) electrons. The summed E-state index contributed by atoms with van der Waals surface area (Å²) in [5, 5.41) is 25.6. The van der Waals surface area contributed by atoms with Gasteiger partial charge in [-0.1, -0.05) is 24.1 Å². The zero-order chi connectivity index (χ0) is 28.1. The van der Waals surface area contributed by atoms with Crippen LogP contribution in [-0.2, 0) is 27.9 Å². The third-order valence-corrected chi connectivity index (χ3v) is 6.57.